The van der Waals surface area contributed by atoms with Gasteiger partial charge in [0.1, 0.15) is 17.6 Å². The smallest absolute Gasteiger partial charge is 0.334 e. The number of carbonyl (C=O) groups is 1. The Bertz CT molecular complexity index is 787. The Morgan fingerprint density at radius 3 is 2.88 bits per heavy atom. The predicted octanol–water partition coefficient (Wildman–Crippen LogP) is 1.74. The molecule has 130 valence electrons. The minimum Gasteiger partial charge on any atom is -0.425 e. The van der Waals surface area contributed by atoms with Crippen molar-refractivity contribution in [2.24, 2.45) is 0 Å². The summed E-state index contributed by atoms with van der Waals surface area (Å²) in [4.78, 5) is 19.0. The zero-order valence-electron chi connectivity index (χ0n) is 14.3. The summed E-state index contributed by atoms with van der Waals surface area (Å²) < 4.78 is 5.61. The van der Waals surface area contributed by atoms with Crippen molar-refractivity contribution in [3.8, 4) is 5.75 Å². The summed E-state index contributed by atoms with van der Waals surface area (Å²) in [6.07, 6.45) is 2.34. The van der Waals surface area contributed by atoms with Crippen molar-refractivity contribution in [1.82, 2.24) is 10.3 Å². The lowest BCUT2D eigenvalue weighted by molar-refractivity contribution is -0.136. The molecular weight excluding hydrogens is 316 g/mol. The largest absolute Gasteiger partial charge is 0.425 e. The Morgan fingerprint density at radius 1 is 1.24 bits per heavy atom. The predicted molar refractivity (Wildman–Crippen MR) is 97.2 cm³/mol. The van der Waals surface area contributed by atoms with Crippen LogP contribution in [0.1, 0.15) is 11.1 Å². The fraction of sp³-hybridized carbons (Fsp3) is 0.368. The van der Waals surface area contributed by atoms with Gasteiger partial charge in [-0.05, 0) is 36.2 Å². The second kappa shape index (κ2) is 6.72. The zero-order chi connectivity index (χ0) is 17.2. The van der Waals surface area contributed by atoms with Crippen molar-refractivity contribution < 1.29 is 9.53 Å². The molecule has 1 aromatic heterocycles. The van der Waals surface area contributed by atoms with Gasteiger partial charge in [-0.3, -0.25) is 0 Å². The molecule has 4 rings (SSSR count). The van der Waals surface area contributed by atoms with Crippen LogP contribution in [0.5, 0.6) is 5.75 Å². The molecule has 0 spiro atoms. The maximum Gasteiger partial charge on any atom is 0.334 e. The third-order valence-corrected chi connectivity index (χ3v) is 4.69. The van der Waals surface area contributed by atoms with Crippen molar-refractivity contribution in [1.29, 1.82) is 0 Å². The highest BCUT2D eigenvalue weighted by atomic mass is 16.5. The number of fused-ring (bicyclic) bond motifs is 1. The number of aryl methyl sites for hydroxylation is 1. The van der Waals surface area contributed by atoms with E-state index in [1.54, 1.807) is 6.20 Å². The molecule has 0 bridgehead atoms. The van der Waals surface area contributed by atoms with Crippen LogP contribution in [0, 0.1) is 6.92 Å². The van der Waals surface area contributed by atoms with Crippen LogP contribution in [0.15, 0.2) is 36.5 Å². The fourth-order valence-corrected chi connectivity index (χ4v) is 3.31. The number of piperazine rings is 1. The summed E-state index contributed by atoms with van der Waals surface area (Å²) in [6, 6.07) is 9.61. The minimum atomic E-state index is -0.410. The lowest BCUT2D eigenvalue weighted by Crippen LogP contribution is -2.43. The number of aromatic nitrogens is 1. The molecule has 3 heterocycles. The van der Waals surface area contributed by atoms with Crippen LogP contribution in [0.4, 0.5) is 11.5 Å². The van der Waals surface area contributed by atoms with Gasteiger partial charge in [0, 0.05) is 50.6 Å². The highest BCUT2D eigenvalue weighted by Gasteiger charge is 2.29. The first-order valence-corrected chi connectivity index (χ1v) is 8.68. The zero-order valence-corrected chi connectivity index (χ0v) is 14.3. The van der Waals surface area contributed by atoms with E-state index in [1.807, 2.05) is 25.1 Å². The van der Waals surface area contributed by atoms with Gasteiger partial charge in [0.2, 0.25) is 0 Å². The van der Waals surface area contributed by atoms with E-state index < -0.39 is 6.04 Å². The highest BCUT2D eigenvalue weighted by molar-refractivity contribution is 5.84. The van der Waals surface area contributed by atoms with Gasteiger partial charge in [-0.15, -0.1) is 0 Å². The van der Waals surface area contributed by atoms with Crippen LogP contribution in [0.3, 0.4) is 0 Å². The third-order valence-electron chi connectivity index (χ3n) is 4.69. The van der Waals surface area contributed by atoms with Gasteiger partial charge in [-0.1, -0.05) is 6.07 Å². The van der Waals surface area contributed by atoms with Gasteiger partial charge >= 0.3 is 5.97 Å². The topological polar surface area (TPSA) is 66.5 Å². The third kappa shape index (κ3) is 3.44. The lowest BCUT2D eigenvalue weighted by atomic mass is 10.0. The highest BCUT2D eigenvalue weighted by Crippen LogP contribution is 2.31. The lowest BCUT2D eigenvalue weighted by Gasteiger charge is -2.31. The van der Waals surface area contributed by atoms with Crippen molar-refractivity contribution in [2.45, 2.75) is 19.4 Å². The summed E-state index contributed by atoms with van der Waals surface area (Å²) >= 11 is 0. The van der Waals surface area contributed by atoms with Crippen LogP contribution in [-0.2, 0) is 11.2 Å². The number of nitrogens with zero attached hydrogens (tertiary/aromatic N) is 2. The summed E-state index contributed by atoms with van der Waals surface area (Å²) in [5.41, 5.74) is 3.26. The molecule has 0 aliphatic carbocycles. The summed E-state index contributed by atoms with van der Waals surface area (Å²) in [6.45, 7) is 5.89. The molecule has 1 fully saturated rings. The van der Waals surface area contributed by atoms with Gasteiger partial charge < -0.3 is 20.3 Å². The Hall–Kier alpha value is -2.60. The van der Waals surface area contributed by atoms with E-state index in [9.17, 15) is 4.79 Å². The SMILES string of the molecule is Cc1ccnc(NC2Cc3ccc(N4CCNCC4)cc3OC2=O)c1. The molecular formula is C19H22N4O2. The van der Waals surface area contributed by atoms with Crippen LogP contribution >= 0.6 is 0 Å². The normalized spacial score (nSPS) is 20.0. The number of anilines is 2. The summed E-state index contributed by atoms with van der Waals surface area (Å²) in [5.74, 6) is 1.12. The molecule has 2 N–H and O–H groups in total. The first-order valence-electron chi connectivity index (χ1n) is 8.68. The molecule has 2 aliphatic rings. The van der Waals surface area contributed by atoms with E-state index in [-0.39, 0.29) is 5.97 Å². The van der Waals surface area contributed by atoms with E-state index in [4.69, 9.17) is 4.74 Å². The first-order chi connectivity index (χ1) is 12.2. The number of rotatable bonds is 3. The monoisotopic (exact) mass is 338 g/mol. The van der Waals surface area contributed by atoms with Crippen molar-refractivity contribution in [3.05, 3.63) is 47.7 Å². The summed E-state index contributed by atoms with van der Waals surface area (Å²) in [7, 11) is 0. The standard InChI is InChI=1S/C19H22N4O2/c1-13-4-5-21-18(10-13)22-16-11-14-2-3-15(12-17(14)25-19(16)24)23-8-6-20-7-9-23/h2-5,10,12,16,20H,6-9,11H2,1H3,(H,21,22). The Balaban J connectivity index is 1.51. The molecule has 1 atom stereocenters. The number of hydrogen-bond acceptors (Lipinski definition) is 6. The molecule has 0 amide bonds. The second-order valence-electron chi connectivity index (χ2n) is 6.57. The average Bonchev–Trinajstić information content (AvgIpc) is 2.63. The molecule has 6 heteroatoms. The van der Waals surface area contributed by atoms with Crippen LogP contribution in [0.25, 0.3) is 0 Å². The van der Waals surface area contributed by atoms with Crippen LogP contribution in [-0.4, -0.2) is 43.2 Å². The minimum absolute atomic E-state index is 0.256. The van der Waals surface area contributed by atoms with E-state index in [2.05, 4.69) is 32.7 Å². The van der Waals surface area contributed by atoms with Crippen LogP contribution in [0.2, 0.25) is 0 Å². The molecule has 1 saturated heterocycles. The van der Waals surface area contributed by atoms with Gasteiger partial charge in [-0.25, -0.2) is 9.78 Å². The number of esters is 1. The number of nitrogens with one attached hydrogen (secondary N) is 2. The molecule has 1 unspecified atom stereocenters. The Morgan fingerprint density at radius 2 is 2.08 bits per heavy atom. The molecule has 0 radical (unpaired) electrons. The quantitative estimate of drug-likeness (QED) is 0.656. The van der Waals surface area contributed by atoms with Crippen molar-refractivity contribution >= 4 is 17.5 Å². The van der Waals surface area contributed by atoms with Gasteiger partial charge in [0.25, 0.3) is 0 Å². The number of carbonyl (C=O) groups excluding carboxylic acids is 1. The molecule has 2 aromatic rings. The number of hydrogen-bond donors (Lipinski definition) is 2. The molecule has 0 saturated carbocycles. The number of benzene rings is 1. The van der Waals surface area contributed by atoms with Crippen LogP contribution < -0.4 is 20.3 Å². The van der Waals surface area contributed by atoms with E-state index in [0.29, 0.717) is 18.0 Å². The van der Waals surface area contributed by atoms with Gasteiger partial charge in [0.05, 0.1) is 0 Å². The van der Waals surface area contributed by atoms with E-state index in [0.717, 1.165) is 43.0 Å². The maximum atomic E-state index is 12.4. The number of ether oxygens (including phenoxy) is 1. The Labute approximate surface area is 147 Å². The molecule has 6 nitrogen and oxygen atoms in total. The molecule has 25 heavy (non-hydrogen) atoms. The first kappa shape index (κ1) is 15.9. The van der Waals surface area contributed by atoms with Gasteiger partial charge in [0.15, 0.2) is 0 Å². The number of pyridine rings is 1. The van der Waals surface area contributed by atoms with Gasteiger partial charge in [-0.2, -0.15) is 0 Å². The Kier molecular flexibility index (Phi) is 4.28. The molecule has 2 aliphatic heterocycles. The van der Waals surface area contributed by atoms with Crippen molar-refractivity contribution in [2.75, 3.05) is 36.4 Å². The maximum absolute atomic E-state index is 12.4. The van der Waals surface area contributed by atoms with E-state index in [1.165, 1.54) is 0 Å². The average molecular weight is 338 g/mol. The van der Waals surface area contributed by atoms with Crippen molar-refractivity contribution in [3.63, 3.8) is 0 Å². The fourth-order valence-electron chi connectivity index (χ4n) is 3.31. The second-order valence-corrected chi connectivity index (χ2v) is 6.57. The van der Waals surface area contributed by atoms with E-state index >= 15 is 0 Å². The summed E-state index contributed by atoms with van der Waals surface area (Å²) in [5, 5.41) is 6.53. The molecule has 1 aromatic carbocycles.